The van der Waals surface area contributed by atoms with Gasteiger partial charge < -0.3 is 19.0 Å². The third-order valence-corrected chi connectivity index (χ3v) is 9.34. The summed E-state index contributed by atoms with van der Waals surface area (Å²) in [7, 11) is -2.04. The van der Waals surface area contributed by atoms with E-state index in [1.54, 1.807) is 30.3 Å². The number of carbonyl (C=O) groups excluding carboxylic acids is 1. The third-order valence-electron chi connectivity index (χ3n) is 4.86. The van der Waals surface area contributed by atoms with Crippen LogP contribution in [0.1, 0.15) is 31.1 Å². The maximum atomic E-state index is 12.0. The zero-order valence-corrected chi connectivity index (χ0v) is 16.6. The number of rotatable bonds is 5. The van der Waals surface area contributed by atoms with Crippen molar-refractivity contribution >= 4 is 14.3 Å². The van der Waals surface area contributed by atoms with Crippen LogP contribution < -0.4 is 0 Å². The molecule has 0 radical (unpaired) electrons. The van der Waals surface area contributed by atoms with Gasteiger partial charge in [0.2, 0.25) is 0 Å². The molecule has 6 heteroatoms. The van der Waals surface area contributed by atoms with E-state index in [0.29, 0.717) is 5.56 Å². The summed E-state index contributed by atoms with van der Waals surface area (Å²) in [6.07, 6.45) is 1.25. The summed E-state index contributed by atoms with van der Waals surface area (Å²) in [6, 6.07) is 8.74. The van der Waals surface area contributed by atoms with Gasteiger partial charge in [0.25, 0.3) is 0 Å². The van der Waals surface area contributed by atoms with E-state index in [4.69, 9.17) is 13.9 Å². The summed E-state index contributed by atoms with van der Waals surface area (Å²) in [5.74, 6) is -0.437. The van der Waals surface area contributed by atoms with Crippen molar-refractivity contribution in [2.45, 2.75) is 57.2 Å². The molecule has 5 nitrogen and oxygen atoms in total. The van der Waals surface area contributed by atoms with Crippen LogP contribution >= 0.6 is 0 Å². The number of hydrogen-bond donors (Lipinski definition) is 1. The second-order valence-electron chi connectivity index (χ2n) is 7.80. The Balaban J connectivity index is 1.95. The summed E-state index contributed by atoms with van der Waals surface area (Å²) in [5, 5.41) is 10.6. The van der Waals surface area contributed by atoms with Gasteiger partial charge in [-0.05, 0) is 36.3 Å². The molecule has 1 heterocycles. The largest absolute Gasteiger partial charge is 0.492 e. The van der Waals surface area contributed by atoms with Gasteiger partial charge in [0.15, 0.2) is 14.4 Å². The highest BCUT2D eigenvalue weighted by atomic mass is 28.4. The molecule has 0 saturated carbocycles. The number of hydrogen-bond acceptors (Lipinski definition) is 5. The van der Waals surface area contributed by atoms with E-state index >= 15 is 0 Å². The van der Waals surface area contributed by atoms with E-state index in [1.807, 2.05) is 6.07 Å². The molecule has 138 valence electrons. The van der Waals surface area contributed by atoms with E-state index < -0.39 is 32.6 Å². The van der Waals surface area contributed by atoms with Gasteiger partial charge in [-0.2, -0.15) is 0 Å². The fourth-order valence-electron chi connectivity index (χ4n) is 2.21. The highest BCUT2D eigenvalue weighted by Gasteiger charge is 2.42. The standard InChI is InChI=1S/C19H28O5Si/c1-19(2,3)25(4,5)24-15-11-12-22-16(17(15)20)13-23-18(21)14-9-7-6-8-10-14/h6-12,15-17,20H,13H2,1-5H3/t15-,16?,17-/m0/s1. The summed E-state index contributed by atoms with van der Waals surface area (Å²) in [4.78, 5) is 12.0. The second-order valence-corrected chi connectivity index (χ2v) is 12.6. The van der Waals surface area contributed by atoms with Crippen LogP contribution in [0.15, 0.2) is 42.7 Å². The predicted molar refractivity (Wildman–Crippen MR) is 98.8 cm³/mol. The molecule has 0 spiro atoms. The summed E-state index contributed by atoms with van der Waals surface area (Å²) >= 11 is 0. The Labute approximate surface area is 150 Å². The fraction of sp³-hybridized carbons (Fsp3) is 0.526. The molecule has 1 aliphatic heterocycles. The molecule has 1 aliphatic rings. The van der Waals surface area contributed by atoms with Gasteiger partial charge >= 0.3 is 5.97 Å². The van der Waals surface area contributed by atoms with Crippen molar-refractivity contribution in [3.8, 4) is 0 Å². The first-order chi connectivity index (χ1) is 11.6. The molecule has 1 unspecified atom stereocenters. The first-order valence-corrected chi connectivity index (χ1v) is 11.4. The molecule has 1 aromatic rings. The highest BCUT2D eigenvalue weighted by Crippen LogP contribution is 2.38. The lowest BCUT2D eigenvalue weighted by atomic mass is 10.1. The molecule has 1 N–H and O–H groups in total. The fourth-order valence-corrected chi connectivity index (χ4v) is 3.46. The Morgan fingerprint density at radius 2 is 1.88 bits per heavy atom. The summed E-state index contributed by atoms with van der Waals surface area (Å²) in [6.45, 7) is 10.7. The van der Waals surface area contributed by atoms with E-state index in [0.717, 1.165) is 0 Å². The summed E-state index contributed by atoms with van der Waals surface area (Å²) in [5.41, 5.74) is 0.470. The lowest BCUT2D eigenvalue weighted by molar-refractivity contribution is -0.0808. The van der Waals surface area contributed by atoms with E-state index in [1.165, 1.54) is 6.26 Å². The molecular weight excluding hydrogens is 336 g/mol. The number of aliphatic hydroxyl groups is 1. The Morgan fingerprint density at radius 1 is 1.24 bits per heavy atom. The number of esters is 1. The van der Waals surface area contributed by atoms with Crippen LogP contribution in [0.25, 0.3) is 0 Å². The van der Waals surface area contributed by atoms with Crippen LogP contribution in [0.2, 0.25) is 18.1 Å². The average molecular weight is 365 g/mol. The van der Waals surface area contributed by atoms with Gasteiger partial charge in [-0.15, -0.1) is 0 Å². The smallest absolute Gasteiger partial charge is 0.338 e. The molecule has 3 atom stereocenters. The first-order valence-electron chi connectivity index (χ1n) is 8.52. The van der Waals surface area contributed by atoms with Crippen LogP contribution in [-0.4, -0.2) is 44.3 Å². The molecule has 1 aromatic carbocycles. The molecule has 0 saturated heterocycles. The monoisotopic (exact) mass is 364 g/mol. The van der Waals surface area contributed by atoms with E-state index in [2.05, 4.69) is 33.9 Å². The van der Waals surface area contributed by atoms with Crippen molar-refractivity contribution in [1.82, 2.24) is 0 Å². The van der Waals surface area contributed by atoms with Crippen LogP contribution in [0, 0.1) is 0 Å². The number of ether oxygens (including phenoxy) is 2. The lowest BCUT2D eigenvalue weighted by Crippen LogP contribution is -2.51. The Bertz CT molecular complexity index is 606. The Morgan fingerprint density at radius 3 is 2.48 bits per heavy atom. The first kappa shape index (κ1) is 19.7. The number of carbonyl (C=O) groups is 1. The minimum atomic E-state index is -2.04. The quantitative estimate of drug-likeness (QED) is 0.640. The molecule has 0 bridgehead atoms. The van der Waals surface area contributed by atoms with Gasteiger partial charge in [0.1, 0.15) is 12.7 Å². The number of aliphatic hydroxyl groups excluding tert-OH is 1. The van der Waals surface area contributed by atoms with Gasteiger partial charge in [-0.1, -0.05) is 39.0 Å². The lowest BCUT2D eigenvalue weighted by Gasteiger charge is -2.41. The number of benzene rings is 1. The van der Waals surface area contributed by atoms with Crippen LogP contribution in [0.3, 0.4) is 0 Å². The molecule has 0 aromatic heterocycles. The molecule has 0 amide bonds. The Kier molecular flexibility index (Phi) is 6.08. The topological polar surface area (TPSA) is 65.0 Å². The molecule has 2 rings (SSSR count). The highest BCUT2D eigenvalue weighted by molar-refractivity contribution is 6.74. The van der Waals surface area contributed by atoms with Crippen molar-refractivity contribution in [3.05, 3.63) is 48.2 Å². The molecule has 25 heavy (non-hydrogen) atoms. The van der Waals surface area contributed by atoms with Crippen molar-refractivity contribution < 1.29 is 23.8 Å². The molecular formula is C19H28O5Si. The van der Waals surface area contributed by atoms with Crippen LogP contribution in [0.5, 0.6) is 0 Å². The minimum Gasteiger partial charge on any atom is -0.492 e. The maximum Gasteiger partial charge on any atom is 0.338 e. The second kappa shape index (κ2) is 7.72. The van der Waals surface area contributed by atoms with Crippen molar-refractivity contribution in [2.75, 3.05) is 6.61 Å². The minimum absolute atomic E-state index is 0.0312. The zero-order chi connectivity index (χ0) is 18.7. The van der Waals surface area contributed by atoms with Gasteiger partial charge in [-0.3, -0.25) is 0 Å². The van der Waals surface area contributed by atoms with Crippen LogP contribution in [-0.2, 0) is 13.9 Å². The SMILES string of the molecule is CC(C)(C)[Si](C)(C)O[C@H]1C=COC(COC(=O)c2ccccc2)[C@H]1O. The van der Waals surface area contributed by atoms with Crippen molar-refractivity contribution in [1.29, 1.82) is 0 Å². The molecule has 0 aliphatic carbocycles. The van der Waals surface area contributed by atoms with Crippen LogP contribution in [0.4, 0.5) is 0 Å². The van der Waals surface area contributed by atoms with Crippen molar-refractivity contribution in [3.63, 3.8) is 0 Å². The summed E-state index contributed by atoms with van der Waals surface area (Å²) < 4.78 is 17.0. The van der Waals surface area contributed by atoms with E-state index in [9.17, 15) is 9.90 Å². The molecule has 0 fully saturated rings. The average Bonchev–Trinajstić information content (AvgIpc) is 2.55. The Hall–Kier alpha value is -1.63. The predicted octanol–water partition coefficient (Wildman–Crippen LogP) is 3.51. The van der Waals surface area contributed by atoms with Gasteiger partial charge in [0, 0.05) is 0 Å². The van der Waals surface area contributed by atoms with Gasteiger partial charge in [0.05, 0.1) is 17.9 Å². The maximum absolute atomic E-state index is 12.0. The zero-order valence-electron chi connectivity index (χ0n) is 15.6. The normalized spacial score (nSPS) is 23.8. The van der Waals surface area contributed by atoms with Crippen molar-refractivity contribution in [2.24, 2.45) is 0 Å². The van der Waals surface area contributed by atoms with Gasteiger partial charge in [-0.25, -0.2) is 4.79 Å². The third kappa shape index (κ3) is 4.93. The van der Waals surface area contributed by atoms with E-state index in [-0.39, 0.29) is 11.6 Å².